The van der Waals surface area contributed by atoms with Crippen LogP contribution in [-0.4, -0.2) is 40.6 Å². The fourth-order valence-electron chi connectivity index (χ4n) is 5.10. The molecule has 1 heterocycles. The van der Waals surface area contributed by atoms with Crippen LogP contribution in [-0.2, 0) is 14.8 Å². The maximum Gasteiger partial charge on any atom is 0.241 e. The molecule has 7 nitrogen and oxygen atoms in total. The summed E-state index contributed by atoms with van der Waals surface area (Å²) in [5.41, 5.74) is 1.84. The lowest BCUT2D eigenvalue weighted by atomic mass is 9.85. The molecule has 1 fully saturated rings. The van der Waals surface area contributed by atoms with E-state index in [1.165, 1.54) is 37.8 Å². The van der Waals surface area contributed by atoms with Gasteiger partial charge in [0.2, 0.25) is 15.9 Å². The monoisotopic (exact) mass is 503 g/mol. The predicted octanol–water partition coefficient (Wildman–Crippen LogP) is 4.17. The molecule has 2 aromatic rings. The Labute approximate surface area is 206 Å². The molecule has 0 aromatic heterocycles. The lowest BCUT2D eigenvalue weighted by Crippen LogP contribution is -2.48. The first-order chi connectivity index (χ1) is 16.9. The van der Waals surface area contributed by atoms with Gasteiger partial charge in [0.1, 0.15) is 17.6 Å². The van der Waals surface area contributed by atoms with Gasteiger partial charge >= 0.3 is 0 Å². The van der Waals surface area contributed by atoms with Crippen LogP contribution in [0, 0.1) is 11.7 Å². The molecule has 35 heavy (non-hydrogen) atoms. The minimum Gasteiger partial charge on any atom is -0.497 e. The number of anilines is 1. The molecule has 2 aliphatic rings. The Bertz CT molecular complexity index is 1120. The van der Waals surface area contributed by atoms with Crippen molar-refractivity contribution in [3.63, 3.8) is 0 Å². The molecule has 1 aliphatic carbocycles. The Morgan fingerprint density at radius 2 is 1.89 bits per heavy atom. The Morgan fingerprint density at radius 1 is 1.14 bits per heavy atom. The summed E-state index contributed by atoms with van der Waals surface area (Å²) in [4.78, 5) is 13.3. The zero-order valence-corrected chi connectivity index (χ0v) is 20.9. The van der Waals surface area contributed by atoms with Gasteiger partial charge in [0.05, 0.1) is 12.0 Å². The van der Waals surface area contributed by atoms with Gasteiger partial charge in [-0.3, -0.25) is 4.79 Å². The summed E-state index contributed by atoms with van der Waals surface area (Å²) in [5, 5.41) is 6.20. The van der Waals surface area contributed by atoms with Gasteiger partial charge in [-0.1, -0.05) is 32.1 Å². The van der Waals surface area contributed by atoms with Gasteiger partial charge in [0.15, 0.2) is 0 Å². The SMILES string of the molecule is COc1ccc(S(=O)(=O)N[C@@H](CC2CCCCC2)C(=O)NCCC2CNc3ccc(F)cc32)cc1. The molecule has 0 radical (unpaired) electrons. The number of carbonyl (C=O) groups excluding carboxylic acids is 1. The molecule has 1 saturated carbocycles. The molecule has 0 spiro atoms. The smallest absolute Gasteiger partial charge is 0.241 e. The minimum atomic E-state index is -3.88. The summed E-state index contributed by atoms with van der Waals surface area (Å²) in [6, 6.07) is 9.97. The number of amides is 1. The van der Waals surface area contributed by atoms with Gasteiger partial charge in [-0.25, -0.2) is 12.8 Å². The van der Waals surface area contributed by atoms with Crippen LogP contribution in [0.4, 0.5) is 10.1 Å². The van der Waals surface area contributed by atoms with Gasteiger partial charge in [-0.15, -0.1) is 0 Å². The van der Waals surface area contributed by atoms with E-state index in [1.54, 1.807) is 18.2 Å². The Hall–Kier alpha value is -2.65. The van der Waals surface area contributed by atoms with Crippen molar-refractivity contribution in [3.05, 3.63) is 53.8 Å². The Balaban J connectivity index is 1.40. The van der Waals surface area contributed by atoms with E-state index < -0.39 is 16.1 Å². The average Bonchev–Trinajstić information content (AvgIpc) is 3.26. The van der Waals surface area contributed by atoms with Crippen LogP contribution < -0.4 is 20.1 Å². The number of halogens is 1. The van der Waals surface area contributed by atoms with Gasteiger partial charge in [-0.2, -0.15) is 4.72 Å². The third-order valence-corrected chi connectivity index (χ3v) is 8.55. The second kappa shape index (κ2) is 11.4. The van der Waals surface area contributed by atoms with E-state index in [2.05, 4.69) is 15.4 Å². The lowest BCUT2D eigenvalue weighted by molar-refractivity contribution is -0.123. The van der Waals surface area contributed by atoms with Crippen LogP contribution in [0.15, 0.2) is 47.4 Å². The highest BCUT2D eigenvalue weighted by atomic mass is 32.2. The van der Waals surface area contributed by atoms with Gasteiger partial charge in [0, 0.05) is 24.7 Å². The van der Waals surface area contributed by atoms with Crippen LogP contribution in [0.3, 0.4) is 0 Å². The van der Waals surface area contributed by atoms with E-state index in [4.69, 9.17) is 4.74 Å². The average molecular weight is 504 g/mol. The van der Waals surface area contributed by atoms with Crippen molar-refractivity contribution in [2.24, 2.45) is 5.92 Å². The highest BCUT2D eigenvalue weighted by Gasteiger charge is 2.30. The topological polar surface area (TPSA) is 96.5 Å². The summed E-state index contributed by atoms with van der Waals surface area (Å²) in [6.45, 7) is 1.07. The van der Waals surface area contributed by atoms with Gasteiger partial charge in [0.25, 0.3) is 0 Å². The Kier molecular flexibility index (Phi) is 8.28. The molecule has 1 amide bonds. The van der Waals surface area contributed by atoms with E-state index >= 15 is 0 Å². The summed E-state index contributed by atoms with van der Waals surface area (Å²) in [6.07, 6.45) is 6.51. The fourth-order valence-corrected chi connectivity index (χ4v) is 6.31. The Morgan fingerprint density at radius 3 is 2.60 bits per heavy atom. The normalized spacial score (nSPS) is 19.0. The van der Waals surface area contributed by atoms with Crippen LogP contribution in [0.2, 0.25) is 0 Å². The predicted molar refractivity (Wildman–Crippen MR) is 134 cm³/mol. The first-order valence-electron chi connectivity index (χ1n) is 12.3. The highest BCUT2D eigenvalue weighted by Crippen LogP contribution is 2.34. The van der Waals surface area contributed by atoms with Crippen molar-refractivity contribution in [1.29, 1.82) is 0 Å². The number of carbonyl (C=O) groups is 1. The number of rotatable bonds is 10. The second-order valence-corrected chi connectivity index (χ2v) is 11.2. The minimum absolute atomic E-state index is 0.0915. The maximum absolute atomic E-state index is 13.7. The highest BCUT2D eigenvalue weighted by molar-refractivity contribution is 7.89. The zero-order valence-electron chi connectivity index (χ0n) is 20.1. The molecule has 190 valence electrons. The molecule has 2 atom stereocenters. The van der Waals surface area contributed by atoms with Gasteiger partial charge < -0.3 is 15.4 Å². The summed E-state index contributed by atoms with van der Waals surface area (Å²) in [5.74, 6) is 0.365. The summed E-state index contributed by atoms with van der Waals surface area (Å²) < 4.78 is 47.6. The van der Waals surface area contributed by atoms with Crippen LogP contribution in [0.25, 0.3) is 0 Å². The maximum atomic E-state index is 13.7. The molecule has 3 N–H and O–H groups in total. The molecule has 9 heteroatoms. The van der Waals surface area contributed by atoms with Crippen molar-refractivity contribution in [3.8, 4) is 5.75 Å². The molecular formula is C26H34FN3O4S. The van der Waals surface area contributed by atoms with E-state index in [0.717, 1.165) is 36.9 Å². The molecule has 1 aliphatic heterocycles. The molecule has 0 bridgehead atoms. The summed E-state index contributed by atoms with van der Waals surface area (Å²) in [7, 11) is -2.37. The standard InChI is InChI=1S/C26H34FN3O4S/c1-34-21-8-10-22(11-9-21)35(32,33)30-25(15-18-5-3-2-4-6-18)26(31)28-14-13-19-17-29-24-12-7-20(27)16-23(19)24/h7-12,16,18-19,25,29-30H,2-6,13-15,17H2,1H3,(H,28,31)/t19?,25-/m0/s1. The number of hydrogen-bond donors (Lipinski definition) is 3. The number of methoxy groups -OCH3 is 1. The van der Waals surface area contributed by atoms with Crippen molar-refractivity contribution < 1.29 is 22.3 Å². The number of hydrogen-bond acceptors (Lipinski definition) is 5. The first-order valence-corrected chi connectivity index (χ1v) is 13.8. The van der Waals surface area contributed by atoms with Crippen LogP contribution in [0.5, 0.6) is 5.75 Å². The van der Waals surface area contributed by atoms with Crippen molar-refractivity contribution in [2.45, 2.75) is 61.8 Å². The number of fused-ring (bicyclic) bond motifs is 1. The molecule has 4 rings (SSSR count). The van der Waals surface area contributed by atoms with E-state index in [-0.39, 0.29) is 22.5 Å². The zero-order chi connectivity index (χ0) is 24.8. The molecule has 1 unspecified atom stereocenters. The fraction of sp³-hybridized carbons (Fsp3) is 0.500. The first kappa shape index (κ1) is 25.4. The molecule has 0 saturated heterocycles. The third-order valence-electron chi connectivity index (χ3n) is 7.06. The van der Waals surface area contributed by atoms with E-state index in [1.807, 2.05) is 0 Å². The number of nitrogens with one attached hydrogen (secondary N) is 3. The number of sulfonamides is 1. The number of ether oxygens (including phenoxy) is 1. The lowest BCUT2D eigenvalue weighted by Gasteiger charge is -2.26. The van der Waals surface area contributed by atoms with Gasteiger partial charge in [-0.05, 0) is 66.8 Å². The third kappa shape index (κ3) is 6.52. The van der Waals surface area contributed by atoms with Crippen molar-refractivity contribution in [2.75, 3.05) is 25.5 Å². The van der Waals surface area contributed by atoms with Crippen LogP contribution >= 0.6 is 0 Å². The second-order valence-electron chi connectivity index (χ2n) is 9.48. The summed E-state index contributed by atoms with van der Waals surface area (Å²) >= 11 is 0. The van der Waals surface area contributed by atoms with Crippen molar-refractivity contribution in [1.82, 2.24) is 10.0 Å². The van der Waals surface area contributed by atoms with Crippen LogP contribution in [0.1, 0.15) is 56.4 Å². The number of benzene rings is 2. The quantitative estimate of drug-likeness (QED) is 0.452. The van der Waals surface area contributed by atoms with E-state index in [0.29, 0.717) is 37.6 Å². The molecule has 2 aromatic carbocycles. The van der Waals surface area contributed by atoms with Crippen molar-refractivity contribution >= 4 is 21.6 Å². The van der Waals surface area contributed by atoms with E-state index in [9.17, 15) is 17.6 Å². The molecular weight excluding hydrogens is 469 g/mol. The largest absolute Gasteiger partial charge is 0.497 e.